The molecule has 2 rings (SSSR count). The minimum atomic E-state index is -1.05. The quantitative estimate of drug-likeness (QED) is 0.841. The first-order valence-electron chi connectivity index (χ1n) is 6.59. The second-order valence-electron chi connectivity index (χ2n) is 5.05. The largest absolute Gasteiger partial charge is 0.476 e. The average Bonchev–Trinajstić information content (AvgIpc) is 2.86. The molecule has 0 radical (unpaired) electrons. The van der Waals surface area contributed by atoms with Crippen LogP contribution in [-0.2, 0) is 6.54 Å². The van der Waals surface area contributed by atoms with Crippen molar-refractivity contribution in [1.82, 2.24) is 10.5 Å². The lowest BCUT2D eigenvalue weighted by Crippen LogP contribution is -2.34. The summed E-state index contributed by atoms with van der Waals surface area (Å²) >= 11 is 0. The number of rotatable bonds is 5. The number of carboxylic acids is 1. The Morgan fingerprint density at radius 1 is 1.56 bits per heavy atom. The Hall–Kier alpha value is -1.36. The van der Waals surface area contributed by atoms with Crippen molar-refractivity contribution in [3.8, 4) is 0 Å². The van der Waals surface area contributed by atoms with Gasteiger partial charge in [-0.25, -0.2) is 4.79 Å². The van der Waals surface area contributed by atoms with Crippen molar-refractivity contribution in [2.75, 3.05) is 0 Å². The Morgan fingerprint density at radius 3 is 2.89 bits per heavy atom. The molecule has 5 nitrogen and oxygen atoms in total. The minimum Gasteiger partial charge on any atom is -0.476 e. The minimum absolute atomic E-state index is 0.0304. The lowest BCUT2D eigenvalue weighted by Gasteiger charge is -2.28. The van der Waals surface area contributed by atoms with Crippen LogP contribution >= 0.6 is 0 Å². The summed E-state index contributed by atoms with van der Waals surface area (Å²) in [5.74, 6) is 0.251. The summed E-state index contributed by atoms with van der Waals surface area (Å²) in [4.78, 5) is 10.7. The van der Waals surface area contributed by atoms with Gasteiger partial charge in [0, 0.05) is 12.1 Å². The summed E-state index contributed by atoms with van der Waals surface area (Å²) in [6.45, 7) is 2.72. The second kappa shape index (κ2) is 6.00. The van der Waals surface area contributed by atoms with Crippen LogP contribution in [0.2, 0.25) is 0 Å². The highest BCUT2D eigenvalue weighted by Gasteiger charge is 2.20. The van der Waals surface area contributed by atoms with Crippen LogP contribution in [0, 0.1) is 5.92 Å². The smallest absolute Gasteiger partial charge is 0.358 e. The highest BCUT2D eigenvalue weighted by Crippen LogP contribution is 2.26. The molecule has 1 aliphatic rings. The van der Waals surface area contributed by atoms with Crippen molar-refractivity contribution in [1.29, 1.82) is 0 Å². The van der Waals surface area contributed by atoms with Crippen molar-refractivity contribution in [2.24, 2.45) is 5.92 Å². The van der Waals surface area contributed by atoms with E-state index in [0.717, 1.165) is 5.92 Å². The number of nitrogens with zero attached hydrogens (tertiary/aromatic N) is 1. The summed E-state index contributed by atoms with van der Waals surface area (Å²) < 4.78 is 4.97. The van der Waals surface area contributed by atoms with Gasteiger partial charge in [-0.2, -0.15) is 0 Å². The van der Waals surface area contributed by atoms with Crippen LogP contribution < -0.4 is 5.32 Å². The summed E-state index contributed by atoms with van der Waals surface area (Å²) in [6.07, 6.45) is 6.56. The molecule has 1 fully saturated rings. The van der Waals surface area contributed by atoms with Crippen molar-refractivity contribution >= 4 is 5.97 Å². The molecule has 1 saturated carbocycles. The number of carboxylic acid groups (broad SMARTS) is 1. The van der Waals surface area contributed by atoms with Gasteiger partial charge in [0.1, 0.15) is 0 Å². The SMILES string of the molecule is C[C@H](NCc1cc(C(=O)O)no1)C1CCCCC1. The zero-order valence-electron chi connectivity index (χ0n) is 10.7. The lowest BCUT2D eigenvalue weighted by atomic mass is 9.84. The molecule has 100 valence electrons. The maximum Gasteiger partial charge on any atom is 0.358 e. The topological polar surface area (TPSA) is 75.4 Å². The molecular formula is C13H20N2O3. The van der Waals surface area contributed by atoms with Crippen LogP contribution in [0.1, 0.15) is 55.3 Å². The third kappa shape index (κ3) is 3.32. The summed E-state index contributed by atoms with van der Waals surface area (Å²) in [5.41, 5.74) is -0.0304. The summed E-state index contributed by atoms with van der Waals surface area (Å²) in [6, 6.07) is 1.91. The third-order valence-electron chi connectivity index (χ3n) is 3.73. The van der Waals surface area contributed by atoms with Gasteiger partial charge < -0.3 is 14.9 Å². The van der Waals surface area contributed by atoms with Crippen molar-refractivity contribution in [3.63, 3.8) is 0 Å². The van der Waals surface area contributed by atoms with Crippen LogP contribution in [-0.4, -0.2) is 22.3 Å². The molecule has 18 heavy (non-hydrogen) atoms. The van der Waals surface area contributed by atoms with Crippen LogP contribution in [0.15, 0.2) is 10.6 Å². The summed E-state index contributed by atoms with van der Waals surface area (Å²) in [5, 5.41) is 15.6. The van der Waals surface area contributed by atoms with E-state index in [2.05, 4.69) is 17.4 Å². The van der Waals surface area contributed by atoms with E-state index < -0.39 is 5.97 Å². The first-order valence-corrected chi connectivity index (χ1v) is 6.59. The molecule has 0 aromatic carbocycles. The van der Waals surface area contributed by atoms with E-state index in [1.165, 1.54) is 38.2 Å². The van der Waals surface area contributed by atoms with Crippen LogP contribution in [0.25, 0.3) is 0 Å². The van der Waals surface area contributed by atoms with E-state index in [1.54, 1.807) is 0 Å². The van der Waals surface area contributed by atoms with Gasteiger partial charge in [0.2, 0.25) is 0 Å². The van der Waals surface area contributed by atoms with E-state index in [-0.39, 0.29) is 5.69 Å². The van der Waals surface area contributed by atoms with Gasteiger partial charge in [0.05, 0.1) is 6.54 Å². The van der Waals surface area contributed by atoms with Gasteiger partial charge in [0.15, 0.2) is 11.5 Å². The standard InChI is InChI=1S/C13H20N2O3/c1-9(10-5-3-2-4-6-10)14-8-11-7-12(13(16)17)15-18-11/h7,9-10,14H,2-6,8H2,1H3,(H,16,17)/t9-/m0/s1. The first-order chi connectivity index (χ1) is 8.66. The molecule has 1 heterocycles. The van der Waals surface area contributed by atoms with Gasteiger partial charge in [0.25, 0.3) is 0 Å². The molecule has 0 bridgehead atoms. The predicted molar refractivity (Wildman–Crippen MR) is 66.3 cm³/mol. The van der Waals surface area contributed by atoms with E-state index in [4.69, 9.17) is 9.63 Å². The number of carbonyl (C=O) groups is 1. The first kappa shape index (κ1) is 13.1. The lowest BCUT2D eigenvalue weighted by molar-refractivity contribution is 0.0685. The highest BCUT2D eigenvalue weighted by molar-refractivity contribution is 5.85. The molecule has 0 saturated heterocycles. The van der Waals surface area contributed by atoms with Crippen molar-refractivity contribution in [2.45, 2.75) is 51.6 Å². The fourth-order valence-corrected chi connectivity index (χ4v) is 2.56. The maximum absolute atomic E-state index is 10.7. The fraction of sp³-hybridized carbons (Fsp3) is 0.692. The molecule has 1 atom stereocenters. The number of hydrogen-bond donors (Lipinski definition) is 2. The number of aromatic nitrogens is 1. The van der Waals surface area contributed by atoms with Gasteiger partial charge in [-0.3, -0.25) is 0 Å². The number of aromatic carboxylic acids is 1. The monoisotopic (exact) mass is 252 g/mol. The molecule has 1 aromatic rings. The molecule has 0 unspecified atom stereocenters. The highest BCUT2D eigenvalue weighted by atomic mass is 16.5. The third-order valence-corrected chi connectivity index (χ3v) is 3.73. The second-order valence-corrected chi connectivity index (χ2v) is 5.05. The van der Waals surface area contributed by atoms with Crippen LogP contribution in [0.5, 0.6) is 0 Å². The molecular weight excluding hydrogens is 232 g/mol. The Morgan fingerprint density at radius 2 is 2.28 bits per heavy atom. The maximum atomic E-state index is 10.7. The zero-order chi connectivity index (χ0) is 13.0. The molecule has 2 N–H and O–H groups in total. The summed E-state index contributed by atoms with van der Waals surface area (Å²) in [7, 11) is 0. The molecule has 5 heteroatoms. The van der Waals surface area contributed by atoms with E-state index in [9.17, 15) is 4.79 Å². The van der Waals surface area contributed by atoms with E-state index >= 15 is 0 Å². The Balaban J connectivity index is 1.80. The molecule has 1 aromatic heterocycles. The number of hydrogen-bond acceptors (Lipinski definition) is 4. The van der Waals surface area contributed by atoms with Crippen LogP contribution in [0.4, 0.5) is 0 Å². The number of nitrogens with one attached hydrogen (secondary N) is 1. The van der Waals surface area contributed by atoms with Gasteiger partial charge in [-0.05, 0) is 25.7 Å². The van der Waals surface area contributed by atoms with Crippen molar-refractivity contribution in [3.05, 3.63) is 17.5 Å². The average molecular weight is 252 g/mol. The predicted octanol–water partition coefficient (Wildman–Crippen LogP) is 2.43. The Kier molecular flexibility index (Phi) is 4.36. The molecule has 1 aliphatic carbocycles. The fourth-order valence-electron chi connectivity index (χ4n) is 2.56. The molecule has 0 aliphatic heterocycles. The van der Waals surface area contributed by atoms with Gasteiger partial charge in [-0.15, -0.1) is 0 Å². The Labute approximate surface area is 107 Å². The van der Waals surface area contributed by atoms with Crippen LogP contribution in [0.3, 0.4) is 0 Å². The van der Waals surface area contributed by atoms with E-state index in [0.29, 0.717) is 18.3 Å². The molecule has 0 amide bonds. The molecule has 0 spiro atoms. The van der Waals surface area contributed by atoms with Crippen molar-refractivity contribution < 1.29 is 14.4 Å². The normalized spacial score (nSPS) is 18.7. The Bertz CT molecular complexity index is 397. The zero-order valence-corrected chi connectivity index (χ0v) is 10.7. The van der Waals surface area contributed by atoms with Gasteiger partial charge >= 0.3 is 5.97 Å². The van der Waals surface area contributed by atoms with Gasteiger partial charge in [-0.1, -0.05) is 24.4 Å². The van der Waals surface area contributed by atoms with E-state index in [1.807, 2.05) is 0 Å².